The number of amides is 1. The highest BCUT2D eigenvalue weighted by Crippen LogP contribution is 2.15. The molecular weight excluding hydrogens is 346 g/mol. The van der Waals surface area contributed by atoms with Gasteiger partial charge in [0.05, 0.1) is 0 Å². The summed E-state index contributed by atoms with van der Waals surface area (Å²) < 4.78 is 0. The number of hydrogen-bond acceptors (Lipinski definition) is 2. The summed E-state index contributed by atoms with van der Waals surface area (Å²) in [5, 5.41) is 3.81. The molecule has 1 atom stereocenters. The SMILES string of the molecule is CSc1ccc(C(=O)NC(CBr)Cc2ccccc2)cc1. The third-order valence-corrected chi connectivity index (χ3v) is 4.72. The minimum absolute atomic E-state index is 0.0250. The lowest BCUT2D eigenvalue weighted by atomic mass is 10.1. The Balaban J connectivity index is 1.98. The molecule has 1 N–H and O–H groups in total. The highest BCUT2D eigenvalue weighted by Gasteiger charge is 2.13. The number of benzene rings is 2. The predicted octanol–water partition coefficient (Wildman–Crippen LogP) is 4.14. The molecule has 1 amide bonds. The zero-order valence-corrected chi connectivity index (χ0v) is 14.3. The molecule has 4 heteroatoms. The summed E-state index contributed by atoms with van der Waals surface area (Å²) in [7, 11) is 0. The first-order chi connectivity index (χ1) is 10.2. The maximum atomic E-state index is 12.3. The molecule has 21 heavy (non-hydrogen) atoms. The lowest BCUT2D eigenvalue weighted by molar-refractivity contribution is 0.0941. The molecule has 110 valence electrons. The van der Waals surface area contributed by atoms with Gasteiger partial charge in [-0.15, -0.1) is 11.8 Å². The van der Waals surface area contributed by atoms with Crippen molar-refractivity contribution in [3.63, 3.8) is 0 Å². The fourth-order valence-corrected chi connectivity index (χ4v) is 2.85. The van der Waals surface area contributed by atoms with Crippen molar-refractivity contribution in [2.24, 2.45) is 0 Å². The Bertz CT molecular complexity index is 571. The van der Waals surface area contributed by atoms with E-state index in [0.717, 1.165) is 16.6 Å². The number of hydrogen-bond donors (Lipinski definition) is 1. The summed E-state index contributed by atoms with van der Waals surface area (Å²) in [6, 6.07) is 18.0. The van der Waals surface area contributed by atoms with Crippen molar-refractivity contribution in [3.05, 3.63) is 65.7 Å². The predicted molar refractivity (Wildman–Crippen MR) is 93.4 cm³/mol. The third kappa shape index (κ3) is 4.90. The number of rotatable bonds is 6. The van der Waals surface area contributed by atoms with Crippen LogP contribution in [0.15, 0.2) is 59.5 Å². The summed E-state index contributed by atoms with van der Waals surface area (Å²) in [4.78, 5) is 13.4. The second-order valence-corrected chi connectivity index (χ2v) is 6.27. The number of halogens is 1. The first kappa shape index (κ1) is 16.1. The van der Waals surface area contributed by atoms with E-state index in [1.54, 1.807) is 11.8 Å². The number of carbonyl (C=O) groups excluding carboxylic acids is 1. The quantitative estimate of drug-likeness (QED) is 0.617. The topological polar surface area (TPSA) is 29.1 Å². The van der Waals surface area contributed by atoms with Crippen molar-refractivity contribution in [1.82, 2.24) is 5.32 Å². The Morgan fingerprint density at radius 3 is 2.38 bits per heavy atom. The van der Waals surface area contributed by atoms with Crippen molar-refractivity contribution in [2.75, 3.05) is 11.6 Å². The van der Waals surface area contributed by atoms with E-state index in [1.807, 2.05) is 48.7 Å². The van der Waals surface area contributed by atoms with E-state index >= 15 is 0 Å². The molecule has 0 spiro atoms. The van der Waals surface area contributed by atoms with E-state index in [4.69, 9.17) is 0 Å². The van der Waals surface area contributed by atoms with Crippen molar-refractivity contribution in [1.29, 1.82) is 0 Å². The van der Waals surface area contributed by atoms with Gasteiger partial charge in [-0.25, -0.2) is 0 Å². The van der Waals surface area contributed by atoms with Gasteiger partial charge in [-0.1, -0.05) is 46.3 Å². The molecule has 0 aliphatic heterocycles. The zero-order chi connectivity index (χ0) is 15.1. The van der Waals surface area contributed by atoms with Gasteiger partial charge < -0.3 is 5.32 Å². The van der Waals surface area contributed by atoms with Crippen LogP contribution in [0.4, 0.5) is 0 Å². The normalized spacial score (nSPS) is 11.9. The lowest BCUT2D eigenvalue weighted by Gasteiger charge is -2.16. The van der Waals surface area contributed by atoms with Crippen molar-refractivity contribution in [2.45, 2.75) is 17.4 Å². The first-order valence-electron chi connectivity index (χ1n) is 6.77. The Labute approximate surface area is 138 Å². The summed E-state index contributed by atoms with van der Waals surface area (Å²) in [5.74, 6) is -0.0250. The lowest BCUT2D eigenvalue weighted by Crippen LogP contribution is -2.37. The van der Waals surface area contributed by atoms with Crippen LogP contribution in [0.5, 0.6) is 0 Å². The largest absolute Gasteiger partial charge is 0.348 e. The van der Waals surface area contributed by atoms with Crippen LogP contribution in [0.1, 0.15) is 15.9 Å². The molecule has 0 radical (unpaired) electrons. The Morgan fingerprint density at radius 1 is 1.14 bits per heavy atom. The van der Waals surface area contributed by atoms with E-state index in [-0.39, 0.29) is 11.9 Å². The second-order valence-electron chi connectivity index (χ2n) is 4.74. The Kier molecular flexibility index (Phi) is 6.33. The molecule has 0 saturated heterocycles. The molecule has 2 aromatic carbocycles. The molecule has 2 rings (SSSR count). The molecule has 0 aliphatic carbocycles. The van der Waals surface area contributed by atoms with Gasteiger partial charge in [-0.2, -0.15) is 0 Å². The average Bonchev–Trinajstić information content (AvgIpc) is 2.55. The Hall–Kier alpha value is -1.26. The first-order valence-corrected chi connectivity index (χ1v) is 9.12. The van der Waals surface area contributed by atoms with Gasteiger partial charge in [-0.05, 0) is 42.5 Å². The molecule has 0 heterocycles. The molecule has 0 aliphatic rings. The summed E-state index contributed by atoms with van der Waals surface area (Å²) in [6.07, 6.45) is 2.84. The number of alkyl halides is 1. The number of thioether (sulfide) groups is 1. The van der Waals surface area contributed by atoms with Crippen molar-refractivity contribution < 1.29 is 4.79 Å². The maximum absolute atomic E-state index is 12.3. The van der Waals surface area contributed by atoms with Crippen LogP contribution in [0.2, 0.25) is 0 Å². The van der Waals surface area contributed by atoms with Crippen LogP contribution in [0.3, 0.4) is 0 Å². The smallest absolute Gasteiger partial charge is 0.251 e. The molecule has 2 aromatic rings. The highest BCUT2D eigenvalue weighted by atomic mass is 79.9. The number of carbonyl (C=O) groups is 1. The highest BCUT2D eigenvalue weighted by molar-refractivity contribution is 9.09. The molecule has 0 saturated carbocycles. The third-order valence-electron chi connectivity index (χ3n) is 3.20. The van der Waals surface area contributed by atoms with E-state index in [1.165, 1.54) is 5.56 Å². The van der Waals surface area contributed by atoms with Gasteiger partial charge in [0.1, 0.15) is 0 Å². The standard InChI is InChI=1S/C17H18BrNOS/c1-21-16-9-7-14(8-10-16)17(20)19-15(12-18)11-13-5-3-2-4-6-13/h2-10,15H,11-12H2,1H3,(H,19,20). The van der Waals surface area contributed by atoms with E-state index < -0.39 is 0 Å². The van der Waals surface area contributed by atoms with Gasteiger partial charge in [0, 0.05) is 21.8 Å². The van der Waals surface area contributed by atoms with Crippen LogP contribution in [0.25, 0.3) is 0 Å². The molecule has 0 fully saturated rings. The van der Waals surface area contributed by atoms with E-state index in [2.05, 4.69) is 33.4 Å². The maximum Gasteiger partial charge on any atom is 0.251 e. The zero-order valence-electron chi connectivity index (χ0n) is 11.9. The fourth-order valence-electron chi connectivity index (χ4n) is 2.05. The van der Waals surface area contributed by atoms with Gasteiger partial charge in [-0.3, -0.25) is 4.79 Å². The van der Waals surface area contributed by atoms with E-state index in [9.17, 15) is 4.79 Å². The van der Waals surface area contributed by atoms with Gasteiger partial charge in [0.25, 0.3) is 5.91 Å². The minimum atomic E-state index is -0.0250. The van der Waals surface area contributed by atoms with Crippen LogP contribution in [0, 0.1) is 0 Å². The molecule has 0 aromatic heterocycles. The molecular formula is C17H18BrNOS. The Morgan fingerprint density at radius 2 is 1.81 bits per heavy atom. The van der Waals surface area contributed by atoms with Crippen molar-refractivity contribution in [3.8, 4) is 0 Å². The van der Waals surface area contributed by atoms with Gasteiger partial charge >= 0.3 is 0 Å². The summed E-state index contributed by atoms with van der Waals surface area (Å²) in [5.41, 5.74) is 1.92. The van der Waals surface area contributed by atoms with Gasteiger partial charge in [0.15, 0.2) is 0 Å². The van der Waals surface area contributed by atoms with Crippen molar-refractivity contribution >= 4 is 33.6 Å². The minimum Gasteiger partial charge on any atom is -0.348 e. The molecule has 0 bridgehead atoms. The monoisotopic (exact) mass is 363 g/mol. The molecule has 1 unspecified atom stereocenters. The second kappa shape index (κ2) is 8.25. The fraction of sp³-hybridized carbons (Fsp3) is 0.235. The number of nitrogens with one attached hydrogen (secondary N) is 1. The molecule has 2 nitrogen and oxygen atoms in total. The van der Waals surface area contributed by atoms with Crippen LogP contribution in [-0.4, -0.2) is 23.5 Å². The van der Waals surface area contributed by atoms with Crippen LogP contribution in [-0.2, 0) is 6.42 Å². The van der Waals surface area contributed by atoms with Crippen LogP contribution >= 0.6 is 27.7 Å². The van der Waals surface area contributed by atoms with E-state index in [0.29, 0.717) is 5.56 Å². The summed E-state index contributed by atoms with van der Waals surface area (Å²) in [6.45, 7) is 0. The van der Waals surface area contributed by atoms with Gasteiger partial charge in [0.2, 0.25) is 0 Å². The van der Waals surface area contributed by atoms with Crippen LogP contribution < -0.4 is 5.32 Å². The summed E-state index contributed by atoms with van der Waals surface area (Å²) >= 11 is 5.15. The average molecular weight is 364 g/mol.